The molecule has 0 N–H and O–H groups in total. The Bertz CT molecular complexity index is 546. The summed E-state index contributed by atoms with van der Waals surface area (Å²) in [5.41, 5.74) is 3.02. The molecule has 82 valence electrons. The highest BCUT2D eigenvalue weighted by molar-refractivity contribution is 5.57. The molecule has 0 unspecified atom stereocenters. The van der Waals surface area contributed by atoms with Crippen molar-refractivity contribution >= 4 is 0 Å². The second kappa shape index (κ2) is 4.22. The van der Waals surface area contributed by atoms with Gasteiger partial charge in [0.15, 0.2) is 0 Å². The molecule has 3 heteroatoms. The first-order valence-corrected chi connectivity index (χ1v) is 5.45. The standard InChI is InChI=1S/C14H11N3/c1-2-6-13(7-3-1)17-10-8-14(16-17)12-5-4-9-15-11-12/h1-11H. The molecule has 0 saturated carbocycles. The Hall–Kier alpha value is -2.42. The first-order valence-electron chi connectivity index (χ1n) is 5.45. The highest BCUT2D eigenvalue weighted by Gasteiger charge is 2.02. The Balaban J connectivity index is 1.99. The zero-order valence-electron chi connectivity index (χ0n) is 9.19. The molecule has 2 aromatic heterocycles. The Morgan fingerprint density at radius 1 is 0.882 bits per heavy atom. The van der Waals surface area contributed by atoms with Gasteiger partial charge in [-0.15, -0.1) is 0 Å². The van der Waals surface area contributed by atoms with Crippen molar-refractivity contribution in [2.45, 2.75) is 0 Å². The second-order valence-electron chi connectivity index (χ2n) is 3.72. The highest BCUT2D eigenvalue weighted by Crippen LogP contribution is 2.16. The van der Waals surface area contributed by atoms with Crippen LogP contribution < -0.4 is 0 Å². The van der Waals surface area contributed by atoms with Crippen molar-refractivity contribution in [1.82, 2.24) is 14.8 Å². The Labute approximate surface area is 99.4 Å². The predicted molar refractivity (Wildman–Crippen MR) is 66.8 cm³/mol. The minimum Gasteiger partial charge on any atom is -0.264 e. The van der Waals surface area contributed by atoms with Crippen LogP contribution in [0.4, 0.5) is 0 Å². The molecule has 2 heterocycles. The summed E-state index contributed by atoms with van der Waals surface area (Å²) in [6.07, 6.45) is 5.53. The van der Waals surface area contributed by atoms with E-state index in [1.54, 1.807) is 6.20 Å². The Kier molecular flexibility index (Phi) is 2.43. The molecule has 0 aliphatic heterocycles. The zero-order chi connectivity index (χ0) is 11.5. The fourth-order valence-corrected chi connectivity index (χ4v) is 1.72. The van der Waals surface area contributed by atoms with Crippen molar-refractivity contribution in [3.05, 3.63) is 67.1 Å². The predicted octanol–water partition coefficient (Wildman–Crippen LogP) is 2.93. The maximum Gasteiger partial charge on any atom is 0.0943 e. The van der Waals surface area contributed by atoms with E-state index in [1.807, 2.05) is 65.6 Å². The summed E-state index contributed by atoms with van der Waals surface area (Å²) in [6.45, 7) is 0. The van der Waals surface area contributed by atoms with Crippen molar-refractivity contribution in [2.75, 3.05) is 0 Å². The lowest BCUT2D eigenvalue weighted by molar-refractivity contribution is 0.884. The van der Waals surface area contributed by atoms with Crippen LogP contribution in [0, 0.1) is 0 Å². The van der Waals surface area contributed by atoms with E-state index in [1.165, 1.54) is 0 Å². The number of hydrogen-bond acceptors (Lipinski definition) is 2. The van der Waals surface area contributed by atoms with E-state index in [0.29, 0.717) is 0 Å². The molecule has 0 radical (unpaired) electrons. The number of aromatic nitrogens is 3. The average molecular weight is 221 g/mol. The van der Waals surface area contributed by atoms with Gasteiger partial charge in [-0.05, 0) is 30.3 Å². The molecule has 0 amide bonds. The van der Waals surface area contributed by atoms with E-state index in [9.17, 15) is 0 Å². The van der Waals surface area contributed by atoms with Crippen molar-refractivity contribution in [3.63, 3.8) is 0 Å². The van der Waals surface area contributed by atoms with Crippen LogP contribution in [-0.4, -0.2) is 14.8 Å². The Morgan fingerprint density at radius 3 is 2.53 bits per heavy atom. The van der Waals surface area contributed by atoms with E-state index in [2.05, 4.69) is 10.1 Å². The van der Waals surface area contributed by atoms with Crippen LogP contribution in [-0.2, 0) is 0 Å². The first kappa shape index (κ1) is 9.78. The first-order chi connectivity index (χ1) is 8.43. The summed E-state index contributed by atoms with van der Waals surface area (Å²) in [6, 6.07) is 16.0. The van der Waals surface area contributed by atoms with Gasteiger partial charge in [-0.2, -0.15) is 5.10 Å². The van der Waals surface area contributed by atoms with Gasteiger partial charge in [-0.25, -0.2) is 4.68 Å². The van der Waals surface area contributed by atoms with Crippen molar-refractivity contribution in [1.29, 1.82) is 0 Å². The molecule has 0 aliphatic carbocycles. The van der Waals surface area contributed by atoms with Crippen LogP contribution in [0.25, 0.3) is 16.9 Å². The van der Waals surface area contributed by atoms with E-state index >= 15 is 0 Å². The fourth-order valence-electron chi connectivity index (χ4n) is 1.72. The SMILES string of the molecule is c1ccc(-n2ccc(-c3cccnc3)n2)cc1. The molecule has 0 saturated heterocycles. The normalized spacial score (nSPS) is 10.4. The van der Waals surface area contributed by atoms with E-state index in [-0.39, 0.29) is 0 Å². The van der Waals surface area contributed by atoms with E-state index in [0.717, 1.165) is 16.9 Å². The molecule has 0 bridgehead atoms. The zero-order valence-corrected chi connectivity index (χ0v) is 9.19. The number of nitrogens with zero attached hydrogens (tertiary/aromatic N) is 3. The van der Waals surface area contributed by atoms with E-state index in [4.69, 9.17) is 0 Å². The molecular formula is C14H11N3. The minimum atomic E-state index is 0.932. The van der Waals surface area contributed by atoms with Crippen molar-refractivity contribution in [2.24, 2.45) is 0 Å². The van der Waals surface area contributed by atoms with Crippen LogP contribution in [0.5, 0.6) is 0 Å². The van der Waals surface area contributed by atoms with Gasteiger partial charge in [-0.3, -0.25) is 4.98 Å². The van der Waals surface area contributed by atoms with E-state index < -0.39 is 0 Å². The number of para-hydroxylation sites is 1. The third-order valence-corrected chi connectivity index (χ3v) is 2.57. The molecule has 3 nitrogen and oxygen atoms in total. The van der Waals surface area contributed by atoms with Gasteiger partial charge >= 0.3 is 0 Å². The quantitative estimate of drug-likeness (QED) is 0.666. The maximum absolute atomic E-state index is 4.53. The molecule has 3 rings (SSSR count). The average Bonchev–Trinajstić information content (AvgIpc) is 2.90. The lowest BCUT2D eigenvalue weighted by Crippen LogP contribution is -1.94. The van der Waals surface area contributed by atoms with Crippen LogP contribution in [0.2, 0.25) is 0 Å². The molecule has 0 atom stereocenters. The molecular weight excluding hydrogens is 210 g/mol. The van der Waals surface area contributed by atoms with Crippen molar-refractivity contribution < 1.29 is 0 Å². The van der Waals surface area contributed by atoms with Gasteiger partial charge in [0, 0.05) is 24.2 Å². The second-order valence-corrected chi connectivity index (χ2v) is 3.72. The summed E-state index contributed by atoms with van der Waals surface area (Å²) < 4.78 is 1.86. The lowest BCUT2D eigenvalue weighted by Gasteiger charge is -1.99. The number of hydrogen-bond donors (Lipinski definition) is 0. The topological polar surface area (TPSA) is 30.7 Å². The summed E-state index contributed by atoms with van der Waals surface area (Å²) in [5, 5.41) is 4.53. The van der Waals surface area contributed by atoms with Crippen LogP contribution in [0.3, 0.4) is 0 Å². The lowest BCUT2D eigenvalue weighted by atomic mass is 10.2. The molecule has 0 spiro atoms. The third-order valence-electron chi connectivity index (χ3n) is 2.57. The molecule has 0 fully saturated rings. The smallest absolute Gasteiger partial charge is 0.0943 e. The number of rotatable bonds is 2. The van der Waals surface area contributed by atoms with Gasteiger partial charge in [0.1, 0.15) is 0 Å². The Morgan fingerprint density at radius 2 is 1.76 bits per heavy atom. The summed E-state index contributed by atoms with van der Waals surface area (Å²) in [7, 11) is 0. The summed E-state index contributed by atoms with van der Waals surface area (Å²) >= 11 is 0. The van der Waals surface area contributed by atoms with Crippen molar-refractivity contribution in [3.8, 4) is 16.9 Å². The fraction of sp³-hybridized carbons (Fsp3) is 0. The third kappa shape index (κ3) is 1.95. The van der Waals surface area contributed by atoms with Crippen LogP contribution >= 0.6 is 0 Å². The molecule has 17 heavy (non-hydrogen) atoms. The van der Waals surface area contributed by atoms with Gasteiger partial charge in [-0.1, -0.05) is 18.2 Å². The van der Waals surface area contributed by atoms with Gasteiger partial charge < -0.3 is 0 Å². The molecule has 3 aromatic rings. The summed E-state index contributed by atoms with van der Waals surface area (Å²) in [4.78, 5) is 4.09. The maximum atomic E-state index is 4.53. The van der Waals surface area contributed by atoms with Crippen LogP contribution in [0.1, 0.15) is 0 Å². The largest absolute Gasteiger partial charge is 0.264 e. The van der Waals surface area contributed by atoms with Gasteiger partial charge in [0.05, 0.1) is 11.4 Å². The van der Waals surface area contributed by atoms with Gasteiger partial charge in [0.25, 0.3) is 0 Å². The number of pyridine rings is 1. The van der Waals surface area contributed by atoms with Gasteiger partial charge in [0.2, 0.25) is 0 Å². The number of benzene rings is 1. The minimum absolute atomic E-state index is 0.932. The molecule has 0 aliphatic rings. The molecule has 1 aromatic carbocycles. The highest BCUT2D eigenvalue weighted by atomic mass is 15.3. The van der Waals surface area contributed by atoms with Crippen LogP contribution in [0.15, 0.2) is 67.1 Å². The monoisotopic (exact) mass is 221 g/mol. The summed E-state index contributed by atoms with van der Waals surface area (Å²) in [5.74, 6) is 0.